The first-order valence-corrected chi connectivity index (χ1v) is 8.76. The molecule has 1 saturated carbocycles. The number of nitrogens with zero attached hydrogens (tertiary/aromatic N) is 2. The van der Waals surface area contributed by atoms with Crippen molar-refractivity contribution in [2.75, 3.05) is 39.9 Å². The number of aliphatic imine (C=N–C) groups is 1. The first-order chi connectivity index (χ1) is 10.2. The molecule has 4 nitrogen and oxygen atoms in total. The van der Waals surface area contributed by atoms with Gasteiger partial charge in [-0.2, -0.15) is 0 Å². The zero-order valence-corrected chi connectivity index (χ0v) is 13.7. The van der Waals surface area contributed by atoms with Crippen molar-refractivity contribution < 1.29 is 4.74 Å². The minimum Gasteiger partial charge on any atom is -0.381 e. The van der Waals surface area contributed by atoms with Crippen LogP contribution < -0.4 is 5.32 Å². The van der Waals surface area contributed by atoms with Gasteiger partial charge in [0.2, 0.25) is 0 Å². The van der Waals surface area contributed by atoms with Crippen LogP contribution in [0.4, 0.5) is 0 Å². The first-order valence-electron chi connectivity index (χ1n) is 8.76. The molecular formula is C17H31N3O. The summed E-state index contributed by atoms with van der Waals surface area (Å²) in [6.07, 6.45) is 8.08. The molecule has 2 heterocycles. The van der Waals surface area contributed by atoms with Crippen molar-refractivity contribution in [1.29, 1.82) is 0 Å². The Bertz CT molecular complexity index is 376. The van der Waals surface area contributed by atoms with Crippen LogP contribution in [0.3, 0.4) is 0 Å². The van der Waals surface area contributed by atoms with Gasteiger partial charge in [0, 0.05) is 38.7 Å². The second-order valence-corrected chi connectivity index (χ2v) is 7.42. The van der Waals surface area contributed by atoms with Gasteiger partial charge in [-0.05, 0) is 31.1 Å². The number of hydrogen-bond donors (Lipinski definition) is 1. The van der Waals surface area contributed by atoms with E-state index in [-0.39, 0.29) is 0 Å². The molecule has 3 aliphatic rings. The third-order valence-corrected chi connectivity index (χ3v) is 5.95. The number of rotatable bonds is 2. The van der Waals surface area contributed by atoms with Crippen molar-refractivity contribution in [2.24, 2.45) is 22.2 Å². The Hall–Kier alpha value is -0.770. The molecule has 4 heteroatoms. The summed E-state index contributed by atoms with van der Waals surface area (Å²) in [5.74, 6) is 2.79. The molecule has 0 aromatic heterocycles. The van der Waals surface area contributed by atoms with E-state index in [1.54, 1.807) is 0 Å². The van der Waals surface area contributed by atoms with Crippen LogP contribution >= 0.6 is 0 Å². The molecule has 0 radical (unpaired) electrons. The Morgan fingerprint density at radius 3 is 2.90 bits per heavy atom. The monoisotopic (exact) mass is 293 g/mol. The fourth-order valence-electron chi connectivity index (χ4n) is 4.34. The number of guanidine groups is 1. The molecule has 1 aliphatic carbocycles. The van der Waals surface area contributed by atoms with Crippen molar-refractivity contribution >= 4 is 5.96 Å². The van der Waals surface area contributed by atoms with E-state index < -0.39 is 0 Å². The minimum atomic E-state index is 0.412. The third-order valence-electron chi connectivity index (χ3n) is 5.95. The summed E-state index contributed by atoms with van der Waals surface area (Å²) in [7, 11) is 1.92. The van der Waals surface area contributed by atoms with E-state index in [9.17, 15) is 0 Å². The molecule has 0 bridgehead atoms. The van der Waals surface area contributed by atoms with Gasteiger partial charge < -0.3 is 15.0 Å². The van der Waals surface area contributed by atoms with E-state index in [4.69, 9.17) is 4.74 Å². The molecule has 0 aromatic rings. The summed E-state index contributed by atoms with van der Waals surface area (Å²) >= 11 is 0. The fraction of sp³-hybridized carbons (Fsp3) is 0.941. The molecule has 2 saturated heterocycles. The van der Waals surface area contributed by atoms with Crippen molar-refractivity contribution in [3.05, 3.63) is 0 Å². The van der Waals surface area contributed by atoms with E-state index in [1.165, 1.54) is 38.5 Å². The molecule has 3 fully saturated rings. The number of likely N-dealkylation sites (tertiary alicyclic amines) is 1. The lowest BCUT2D eigenvalue weighted by molar-refractivity contribution is 0.156. The molecule has 120 valence electrons. The number of ether oxygens (including phenoxy) is 1. The Morgan fingerprint density at radius 1 is 1.33 bits per heavy atom. The highest BCUT2D eigenvalue weighted by atomic mass is 16.5. The van der Waals surface area contributed by atoms with Crippen LogP contribution in [-0.2, 0) is 4.74 Å². The maximum Gasteiger partial charge on any atom is 0.193 e. The number of hydrogen-bond acceptors (Lipinski definition) is 2. The van der Waals surface area contributed by atoms with Gasteiger partial charge >= 0.3 is 0 Å². The van der Waals surface area contributed by atoms with Crippen LogP contribution in [0, 0.1) is 17.3 Å². The highest BCUT2D eigenvalue weighted by molar-refractivity contribution is 5.80. The summed E-state index contributed by atoms with van der Waals surface area (Å²) < 4.78 is 5.63. The lowest BCUT2D eigenvalue weighted by Crippen LogP contribution is -2.44. The predicted octanol–water partition coefficient (Wildman–Crippen LogP) is 2.50. The predicted molar refractivity (Wildman–Crippen MR) is 86.5 cm³/mol. The zero-order valence-electron chi connectivity index (χ0n) is 13.7. The average molecular weight is 293 g/mol. The standard InChI is InChI=1S/C17H31N3O/c1-14-5-3-4-6-15(14)11-19-16(18-2)20-9-7-17(12-20)8-10-21-13-17/h14-15H,3-13H2,1-2H3,(H,18,19). The SMILES string of the molecule is CN=C(NCC1CCCCC1C)N1CCC2(CCOC2)C1. The Balaban J connectivity index is 1.51. The molecule has 1 N–H and O–H groups in total. The van der Waals surface area contributed by atoms with Crippen molar-refractivity contribution in [2.45, 2.75) is 45.4 Å². The lowest BCUT2D eigenvalue weighted by Gasteiger charge is -2.31. The topological polar surface area (TPSA) is 36.9 Å². The first kappa shape index (κ1) is 15.1. The van der Waals surface area contributed by atoms with E-state index in [0.29, 0.717) is 5.41 Å². The molecule has 3 unspecified atom stereocenters. The molecule has 0 amide bonds. The summed E-state index contributed by atoms with van der Waals surface area (Å²) in [5, 5.41) is 3.65. The largest absolute Gasteiger partial charge is 0.381 e. The number of nitrogens with one attached hydrogen (secondary N) is 1. The highest BCUT2D eigenvalue weighted by Crippen LogP contribution is 2.38. The quantitative estimate of drug-likeness (QED) is 0.628. The second-order valence-electron chi connectivity index (χ2n) is 7.42. The van der Waals surface area contributed by atoms with Crippen molar-refractivity contribution in [1.82, 2.24) is 10.2 Å². The normalized spacial score (nSPS) is 37.4. The molecule has 2 aliphatic heterocycles. The van der Waals surface area contributed by atoms with Gasteiger partial charge in [0.15, 0.2) is 5.96 Å². The third kappa shape index (κ3) is 3.36. The molecular weight excluding hydrogens is 262 g/mol. The van der Waals surface area contributed by atoms with Gasteiger partial charge in [0.25, 0.3) is 0 Å². The average Bonchev–Trinajstić information content (AvgIpc) is 3.12. The van der Waals surface area contributed by atoms with Crippen LogP contribution in [0.25, 0.3) is 0 Å². The van der Waals surface area contributed by atoms with Gasteiger partial charge in [-0.3, -0.25) is 4.99 Å². The van der Waals surface area contributed by atoms with E-state index in [0.717, 1.165) is 50.6 Å². The Labute approximate surface area is 129 Å². The molecule has 3 atom stereocenters. The van der Waals surface area contributed by atoms with Crippen LogP contribution in [0.5, 0.6) is 0 Å². The lowest BCUT2D eigenvalue weighted by atomic mass is 9.80. The molecule has 3 rings (SSSR count). The van der Waals surface area contributed by atoms with Gasteiger partial charge in [0.1, 0.15) is 0 Å². The maximum absolute atomic E-state index is 5.63. The van der Waals surface area contributed by atoms with E-state index in [1.807, 2.05) is 7.05 Å². The summed E-state index contributed by atoms with van der Waals surface area (Å²) in [4.78, 5) is 6.97. The summed E-state index contributed by atoms with van der Waals surface area (Å²) in [5.41, 5.74) is 0.412. The van der Waals surface area contributed by atoms with Crippen LogP contribution in [0.15, 0.2) is 4.99 Å². The summed E-state index contributed by atoms with van der Waals surface area (Å²) in [6.45, 7) is 7.64. The molecule has 1 spiro atoms. The smallest absolute Gasteiger partial charge is 0.193 e. The second kappa shape index (κ2) is 6.55. The van der Waals surface area contributed by atoms with Gasteiger partial charge in [-0.25, -0.2) is 0 Å². The van der Waals surface area contributed by atoms with Crippen LogP contribution in [0.2, 0.25) is 0 Å². The Morgan fingerprint density at radius 2 is 2.19 bits per heavy atom. The van der Waals surface area contributed by atoms with Crippen LogP contribution in [0.1, 0.15) is 45.4 Å². The van der Waals surface area contributed by atoms with Crippen molar-refractivity contribution in [3.8, 4) is 0 Å². The van der Waals surface area contributed by atoms with Gasteiger partial charge in [-0.15, -0.1) is 0 Å². The maximum atomic E-state index is 5.63. The van der Waals surface area contributed by atoms with E-state index in [2.05, 4.69) is 22.1 Å². The molecule has 0 aromatic carbocycles. The highest BCUT2D eigenvalue weighted by Gasteiger charge is 2.42. The van der Waals surface area contributed by atoms with Gasteiger partial charge in [-0.1, -0.05) is 26.2 Å². The van der Waals surface area contributed by atoms with Crippen LogP contribution in [-0.4, -0.2) is 50.8 Å². The Kier molecular flexibility index (Phi) is 4.72. The van der Waals surface area contributed by atoms with Crippen molar-refractivity contribution in [3.63, 3.8) is 0 Å². The zero-order chi connectivity index (χ0) is 14.7. The fourth-order valence-corrected chi connectivity index (χ4v) is 4.34. The van der Waals surface area contributed by atoms with E-state index >= 15 is 0 Å². The minimum absolute atomic E-state index is 0.412. The van der Waals surface area contributed by atoms with Gasteiger partial charge in [0.05, 0.1) is 6.61 Å². The summed E-state index contributed by atoms with van der Waals surface area (Å²) in [6, 6.07) is 0. The molecule has 21 heavy (non-hydrogen) atoms.